The van der Waals surface area contributed by atoms with Crippen LogP contribution >= 0.6 is 43.5 Å². The first-order valence-corrected chi connectivity index (χ1v) is 7.73. The van der Waals surface area contributed by atoms with Crippen molar-refractivity contribution < 1.29 is 9.13 Å². The van der Waals surface area contributed by atoms with Gasteiger partial charge in [0.05, 0.1) is 14.0 Å². The maximum atomic E-state index is 13.8. The quantitative estimate of drug-likeness (QED) is 0.748. The van der Waals surface area contributed by atoms with E-state index in [1.165, 1.54) is 6.07 Å². The van der Waals surface area contributed by atoms with E-state index in [1.807, 2.05) is 12.1 Å². The molecular weight excluding hydrogens is 412 g/mol. The molecule has 0 aliphatic carbocycles. The minimum atomic E-state index is -0.458. The van der Waals surface area contributed by atoms with Gasteiger partial charge in [-0.15, -0.1) is 0 Å². The number of hydrogen-bond acceptors (Lipinski definition) is 2. The fourth-order valence-electron chi connectivity index (χ4n) is 1.68. The molecule has 0 bridgehead atoms. The zero-order valence-electron chi connectivity index (χ0n) is 10.3. The molecule has 0 saturated heterocycles. The lowest BCUT2D eigenvalue weighted by atomic mass is 10.2. The van der Waals surface area contributed by atoms with Crippen LogP contribution in [0.15, 0.2) is 39.3 Å². The molecule has 0 atom stereocenters. The number of nitrogens with two attached hydrogens (primary N) is 1. The molecule has 20 heavy (non-hydrogen) atoms. The summed E-state index contributed by atoms with van der Waals surface area (Å²) in [5, 5.41) is 0.0858. The molecule has 6 heteroatoms. The monoisotopic (exact) mass is 421 g/mol. The predicted molar refractivity (Wildman–Crippen MR) is 85.5 cm³/mol. The summed E-state index contributed by atoms with van der Waals surface area (Å²) in [6.07, 6.45) is 0. The molecule has 0 fully saturated rings. The molecule has 0 radical (unpaired) electrons. The molecule has 0 heterocycles. The predicted octanol–water partition coefficient (Wildman–Crippen LogP) is 5.04. The van der Waals surface area contributed by atoms with Crippen LogP contribution in [0.5, 0.6) is 5.75 Å². The number of benzene rings is 2. The summed E-state index contributed by atoms with van der Waals surface area (Å²) in [6.45, 7) is 0.520. The highest BCUT2D eigenvalue weighted by Gasteiger charge is 2.11. The highest BCUT2D eigenvalue weighted by molar-refractivity contribution is 9.11. The van der Waals surface area contributed by atoms with Crippen molar-refractivity contribution in [3.05, 3.63) is 61.2 Å². The molecule has 0 spiro atoms. The van der Waals surface area contributed by atoms with E-state index in [4.69, 9.17) is 22.1 Å². The Balaban J connectivity index is 2.21. The summed E-state index contributed by atoms with van der Waals surface area (Å²) in [5.41, 5.74) is 6.96. The Bertz CT molecular complexity index is 614. The lowest BCUT2D eigenvalue weighted by molar-refractivity contribution is 0.296. The number of hydrogen-bond donors (Lipinski definition) is 1. The van der Waals surface area contributed by atoms with Gasteiger partial charge in [-0.2, -0.15) is 0 Å². The van der Waals surface area contributed by atoms with Gasteiger partial charge in [-0.05, 0) is 55.6 Å². The van der Waals surface area contributed by atoms with Crippen LogP contribution in [0.3, 0.4) is 0 Å². The van der Waals surface area contributed by atoms with E-state index in [0.29, 0.717) is 17.9 Å². The molecule has 106 valence electrons. The minimum absolute atomic E-state index is 0.0858. The zero-order valence-corrected chi connectivity index (χ0v) is 14.2. The van der Waals surface area contributed by atoms with Crippen molar-refractivity contribution in [2.24, 2.45) is 5.73 Å². The Morgan fingerprint density at radius 1 is 1.20 bits per heavy atom. The SMILES string of the molecule is NCc1cc(Br)c(OCc2cccc(Cl)c2F)c(Br)c1. The Hall–Kier alpha value is -0.620. The molecule has 2 aromatic carbocycles. The Morgan fingerprint density at radius 2 is 1.85 bits per heavy atom. The molecule has 0 unspecified atom stereocenters. The third-order valence-corrected chi connectivity index (χ3v) is 4.17. The summed E-state index contributed by atoms with van der Waals surface area (Å²) in [5.74, 6) is 0.140. The summed E-state index contributed by atoms with van der Waals surface area (Å²) in [4.78, 5) is 0. The van der Waals surface area contributed by atoms with E-state index in [1.54, 1.807) is 12.1 Å². The van der Waals surface area contributed by atoms with Crippen molar-refractivity contribution in [2.45, 2.75) is 13.2 Å². The fourth-order valence-corrected chi connectivity index (χ4v) is 3.38. The Morgan fingerprint density at radius 3 is 2.45 bits per heavy atom. The van der Waals surface area contributed by atoms with Gasteiger partial charge in [-0.25, -0.2) is 4.39 Å². The van der Waals surface area contributed by atoms with Gasteiger partial charge in [0.15, 0.2) is 0 Å². The van der Waals surface area contributed by atoms with Gasteiger partial charge in [-0.1, -0.05) is 23.7 Å². The Kier molecular flexibility index (Phi) is 5.43. The topological polar surface area (TPSA) is 35.2 Å². The van der Waals surface area contributed by atoms with Gasteiger partial charge in [0.1, 0.15) is 18.2 Å². The summed E-state index contributed by atoms with van der Waals surface area (Å²) in [6, 6.07) is 8.56. The van der Waals surface area contributed by atoms with Gasteiger partial charge in [0.2, 0.25) is 0 Å². The van der Waals surface area contributed by atoms with Gasteiger partial charge < -0.3 is 10.5 Å². The van der Waals surface area contributed by atoms with E-state index in [9.17, 15) is 4.39 Å². The standard InChI is InChI=1S/C14H11Br2ClFNO/c15-10-4-8(6-19)5-11(16)14(10)20-7-9-2-1-3-12(17)13(9)18/h1-5H,6-7,19H2. The first-order chi connectivity index (χ1) is 9.52. The second-order valence-electron chi connectivity index (χ2n) is 4.09. The van der Waals surface area contributed by atoms with Crippen molar-refractivity contribution >= 4 is 43.5 Å². The van der Waals surface area contributed by atoms with Crippen molar-refractivity contribution in [1.29, 1.82) is 0 Å². The second kappa shape index (κ2) is 6.89. The van der Waals surface area contributed by atoms with E-state index in [0.717, 1.165) is 14.5 Å². The summed E-state index contributed by atoms with van der Waals surface area (Å²) < 4.78 is 20.9. The van der Waals surface area contributed by atoms with Gasteiger partial charge in [0.25, 0.3) is 0 Å². The summed E-state index contributed by atoms with van der Waals surface area (Å²) in [7, 11) is 0. The maximum Gasteiger partial charge on any atom is 0.148 e. The fraction of sp³-hybridized carbons (Fsp3) is 0.143. The second-order valence-corrected chi connectivity index (χ2v) is 6.21. The summed E-state index contributed by atoms with van der Waals surface area (Å²) >= 11 is 12.6. The number of rotatable bonds is 4. The largest absolute Gasteiger partial charge is 0.486 e. The third kappa shape index (κ3) is 3.52. The first-order valence-electron chi connectivity index (χ1n) is 5.76. The smallest absolute Gasteiger partial charge is 0.148 e. The number of halogens is 4. The van der Waals surface area contributed by atoms with Crippen LogP contribution in [-0.2, 0) is 13.2 Å². The van der Waals surface area contributed by atoms with Crippen LogP contribution in [0.1, 0.15) is 11.1 Å². The van der Waals surface area contributed by atoms with Crippen LogP contribution in [0.2, 0.25) is 5.02 Å². The molecule has 2 rings (SSSR count). The highest BCUT2D eigenvalue weighted by Crippen LogP contribution is 2.35. The lowest BCUT2D eigenvalue weighted by Gasteiger charge is -2.12. The van der Waals surface area contributed by atoms with E-state index < -0.39 is 5.82 Å². The van der Waals surface area contributed by atoms with Gasteiger partial charge in [-0.3, -0.25) is 0 Å². The van der Waals surface area contributed by atoms with Crippen molar-refractivity contribution in [3.63, 3.8) is 0 Å². The molecule has 0 saturated carbocycles. The van der Waals surface area contributed by atoms with Crippen LogP contribution in [-0.4, -0.2) is 0 Å². The molecule has 2 nitrogen and oxygen atoms in total. The van der Waals surface area contributed by atoms with Gasteiger partial charge >= 0.3 is 0 Å². The van der Waals surface area contributed by atoms with Crippen LogP contribution in [0, 0.1) is 5.82 Å². The van der Waals surface area contributed by atoms with E-state index in [2.05, 4.69) is 31.9 Å². The minimum Gasteiger partial charge on any atom is -0.486 e. The molecule has 0 amide bonds. The Labute approximate surface area is 138 Å². The molecule has 2 N–H and O–H groups in total. The van der Waals surface area contributed by atoms with Crippen molar-refractivity contribution in [2.75, 3.05) is 0 Å². The van der Waals surface area contributed by atoms with Crippen molar-refractivity contribution in [1.82, 2.24) is 0 Å². The van der Waals surface area contributed by atoms with Crippen molar-refractivity contribution in [3.8, 4) is 5.75 Å². The molecular formula is C14H11Br2ClFNO. The van der Waals surface area contributed by atoms with Crippen LogP contribution in [0.4, 0.5) is 4.39 Å². The average Bonchev–Trinajstić information content (AvgIpc) is 2.42. The number of ether oxygens (including phenoxy) is 1. The van der Waals surface area contributed by atoms with E-state index in [-0.39, 0.29) is 11.6 Å². The lowest BCUT2D eigenvalue weighted by Crippen LogP contribution is -2.02. The van der Waals surface area contributed by atoms with Crippen LogP contribution in [0.25, 0.3) is 0 Å². The third-order valence-electron chi connectivity index (χ3n) is 2.70. The molecule has 2 aromatic rings. The van der Waals surface area contributed by atoms with E-state index >= 15 is 0 Å². The first kappa shape index (κ1) is 15.8. The normalized spacial score (nSPS) is 10.7. The van der Waals surface area contributed by atoms with Crippen LogP contribution < -0.4 is 10.5 Å². The average molecular weight is 424 g/mol. The molecule has 0 aromatic heterocycles. The maximum absolute atomic E-state index is 13.8. The highest BCUT2D eigenvalue weighted by atomic mass is 79.9. The molecule has 0 aliphatic rings. The zero-order chi connectivity index (χ0) is 14.7. The molecule has 0 aliphatic heterocycles. The van der Waals surface area contributed by atoms with Gasteiger partial charge in [0, 0.05) is 12.1 Å².